The van der Waals surface area contributed by atoms with Crippen molar-refractivity contribution in [1.82, 2.24) is 40.5 Å². The van der Waals surface area contributed by atoms with E-state index in [1.807, 2.05) is 26.0 Å². The fourth-order valence-electron chi connectivity index (χ4n) is 7.04. The number of carbonyl (C=O) groups excluding carboxylic acids is 2. The molecule has 4 unspecified atom stereocenters. The molecule has 2 saturated heterocycles. The summed E-state index contributed by atoms with van der Waals surface area (Å²) in [5.74, 6) is -0.992. The number of alkyl halides is 6. The maximum Gasteiger partial charge on any atom is 0.433 e. The number of amides is 2. The molecule has 0 bridgehead atoms. The van der Waals surface area contributed by atoms with E-state index in [2.05, 4.69) is 51.2 Å². The quantitative estimate of drug-likeness (QED) is 0.0725. The van der Waals surface area contributed by atoms with Gasteiger partial charge in [0.15, 0.2) is 0 Å². The second kappa shape index (κ2) is 20.0. The van der Waals surface area contributed by atoms with Crippen LogP contribution in [0.3, 0.4) is 0 Å². The maximum atomic E-state index is 12.9. The van der Waals surface area contributed by atoms with Gasteiger partial charge in [-0.1, -0.05) is 19.6 Å². The molecule has 0 saturated carbocycles. The van der Waals surface area contributed by atoms with E-state index in [-0.39, 0.29) is 79.9 Å². The third-order valence-corrected chi connectivity index (χ3v) is 12.8. The number of β-amino-alcohol motifs (C(OH)–C–C–N with tert-alkyl or cyclic N) is 1. The Morgan fingerprint density at radius 3 is 1.63 bits per heavy atom. The minimum absolute atomic E-state index is 0. The van der Waals surface area contributed by atoms with Gasteiger partial charge in [0.05, 0.1) is 22.3 Å². The van der Waals surface area contributed by atoms with Crippen molar-refractivity contribution in [3.05, 3.63) is 106 Å². The topological polar surface area (TPSA) is 241 Å². The smallest absolute Gasteiger partial charge is 0.389 e. The first-order valence-corrected chi connectivity index (χ1v) is 21.6. The molecule has 0 aliphatic carbocycles. The van der Waals surface area contributed by atoms with Gasteiger partial charge in [-0.3, -0.25) is 9.59 Å². The molecule has 4 atom stereocenters. The van der Waals surface area contributed by atoms with Gasteiger partial charge in [0, 0.05) is 62.1 Å². The number of nitrogens with one attached hydrogen (secondary N) is 4. The van der Waals surface area contributed by atoms with E-state index in [0.717, 1.165) is 35.7 Å². The lowest BCUT2D eigenvalue weighted by Gasteiger charge is -2.28. The lowest BCUT2D eigenvalue weighted by molar-refractivity contribution is -0.141. The molecule has 2 aliphatic rings. The molecule has 8 rings (SSSR count). The molecule has 67 heavy (non-hydrogen) atoms. The Bertz CT molecular complexity index is 2590. The molecule has 24 heteroatoms. The molecule has 0 spiro atoms. The predicted octanol–water partition coefficient (Wildman–Crippen LogP) is 6.89. The maximum absolute atomic E-state index is 12.9. The van der Waals surface area contributed by atoms with Gasteiger partial charge in [0.2, 0.25) is 23.7 Å². The molecular weight excluding hydrogens is 931 g/mol. The summed E-state index contributed by atoms with van der Waals surface area (Å²) < 4.78 is 77.6. The summed E-state index contributed by atoms with van der Waals surface area (Å²) in [7, 11) is 0. The van der Waals surface area contributed by atoms with Crippen molar-refractivity contribution in [3.63, 3.8) is 0 Å². The fraction of sp³-hybridized carbons (Fsp3) is 0.349. The SMILES string of the molecule is C.Cc1cc(Nc2nccc(C(F)(F)F)n2)cc(-c2cnc(C3(O)CCC(=O)NCC3O)s2)c1.Cc1cc(Nc2nccc(C(F)(F)F)n2)cc(-c2cnc(C3(O)CCNC(=O)CC3O)s2)c1. The third-order valence-electron chi connectivity index (χ3n) is 10.4. The molecule has 2 aliphatic heterocycles. The average Bonchev–Trinajstić information content (AvgIpc) is 3.92. The van der Waals surface area contributed by atoms with Crippen molar-refractivity contribution in [2.75, 3.05) is 23.7 Å². The highest BCUT2D eigenvalue weighted by molar-refractivity contribution is 7.15. The highest BCUT2D eigenvalue weighted by atomic mass is 32.1. The van der Waals surface area contributed by atoms with Crippen molar-refractivity contribution in [2.24, 2.45) is 0 Å². The van der Waals surface area contributed by atoms with Crippen LogP contribution < -0.4 is 21.3 Å². The van der Waals surface area contributed by atoms with Crippen LogP contribution in [-0.2, 0) is 33.1 Å². The zero-order valence-corrected chi connectivity index (χ0v) is 36.3. The zero-order chi connectivity index (χ0) is 47.6. The summed E-state index contributed by atoms with van der Waals surface area (Å²) in [5.41, 5.74) is -1.45. The average molecular weight is 975 g/mol. The van der Waals surface area contributed by atoms with Crippen molar-refractivity contribution in [2.45, 2.75) is 82.7 Å². The number of hydrogen-bond acceptors (Lipinski definition) is 16. The molecule has 2 aromatic carbocycles. The molecule has 16 nitrogen and oxygen atoms in total. The second-order valence-corrected chi connectivity index (χ2v) is 17.6. The molecule has 2 fully saturated rings. The van der Waals surface area contributed by atoms with Crippen LogP contribution in [0, 0.1) is 13.8 Å². The predicted molar refractivity (Wildman–Crippen MR) is 236 cm³/mol. The first-order valence-electron chi connectivity index (χ1n) is 19.9. The number of carbonyl (C=O) groups is 2. The minimum Gasteiger partial charge on any atom is -0.389 e. The summed E-state index contributed by atoms with van der Waals surface area (Å²) in [6.07, 6.45) is -6.57. The van der Waals surface area contributed by atoms with Gasteiger partial charge in [-0.05, 0) is 78.9 Å². The van der Waals surface area contributed by atoms with E-state index in [1.165, 1.54) is 22.7 Å². The zero-order valence-electron chi connectivity index (χ0n) is 34.7. The molecule has 0 radical (unpaired) electrons. The van der Waals surface area contributed by atoms with Gasteiger partial charge in [0.25, 0.3) is 0 Å². The van der Waals surface area contributed by atoms with Crippen LogP contribution in [-0.4, -0.2) is 87.4 Å². The number of hydrogen-bond donors (Lipinski definition) is 8. The van der Waals surface area contributed by atoms with E-state index >= 15 is 0 Å². The van der Waals surface area contributed by atoms with Gasteiger partial charge < -0.3 is 41.7 Å². The van der Waals surface area contributed by atoms with Crippen LogP contribution >= 0.6 is 22.7 Å². The van der Waals surface area contributed by atoms with Crippen LogP contribution in [0.2, 0.25) is 0 Å². The monoisotopic (exact) mass is 974 g/mol. The molecule has 6 aromatic rings. The number of aliphatic hydroxyl groups excluding tert-OH is 2. The fourth-order valence-corrected chi connectivity index (χ4v) is 9.17. The molecule has 6 heterocycles. The minimum atomic E-state index is -4.58. The summed E-state index contributed by atoms with van der Waals surface area (Å²) in [4.78, 5) is 48.0. The number of aromatic nitrogens is 6. The van der Waals surface area contributed by atoms with E-state index in [9.17, 15) is 56.4 Å². The Kier molecular flexibility index (Phi) is 15.0. The lowest BCUT2D eigenvalue weighted by Crippen LogP contribution is -2.43. The number of halogens is 6. The number of thiazole rings is 2. The molecule has 8 N–H and O–H groups in total. The Morgan fingerprint density at radius 2 is 1.15 bits per heavy atom. The van der Waals surface area contributed by atoms with Crippen LogP contribution in [0.25, 0.3) is 20.9 Å². The lowest BCUT2D eigenvalue weighted by atomic mass is 9.92. The summed E-state index contributed by atoms with van der Waals surface area (Å²) in [6, 6.07) is 12.2. The van der Waals surface area contributed by atoms with Crippen molar-refractivity contribution < 1.29 is 56.4 Å². The van der Waals surface area contributed by atoms with E-state index < -0.39 is 47.2 Å². The highest BCUT2D eigenvalue weighted by Gasteiger charge is 2.44. The summed E-state index contributed by atoms with van der Waals surface area (Å²) in [5, 5.41) is 54.2. The number of aryl methyl sites for hydroxylation is 2. The first kappa shape index (κ1) is 50.2. The largest absolute Gasteiger partial charge is 0.433 e. The molecular formula is C43H44F6N10O6S2. The van der Waals surface area contributed by atoms with Crippen molar-refractivity contribution >= 4 is 57.8 Å². The Hall–Kier alpha value is -6.18. The van der Waals surface area contributed by atoms with Crippen LogP contribution in [0.1, 0.15) is 65.6 Å². The second-order valence-electron chi connectivity index (χ2n) is 15.5. The van der Waals surface area contributed by atoms with Gasteiger partial charge in [-0.15, -0.1) is 22.7 Å². The third kappa shape index (κ3) is 11.9. The molecule has 4 aromatic heterocycles. The Morgan fingerprint density at radius 1 is 0.672 bits per heavy atom. The summed E-state index contributed by atoms with van der Waals surface area (Å²) >= 11 is 2.33. The molecule has 2 amide bonds. The van der Waals surface area contributed by atoms with Gasteiger partial charge >= 0.3 is 12.4 Å². The highest BCUT2D eigenvalue weighted by Crippen LogP contribution is 2.41. The summed E-state index contributed by atoms with van der Waals surface area (Å²) in [6.45, 7) is 3.77. The van der Waals surface area contributed by atoms with Gasteiger partial charge in [0.1, 0.15) is 38.7 Å². The van der Waals surface area contributed by atoms with Crippen molar-refractivity contribution in [3.8, 4) is 20.9 Å². The standard InChI is InChI=1S/2C21H20F3N5O3S.CH4/c1-11-6-12(8-13(7-11)28-19-26-4-2-15(29-19)21(22,23)24)14-10-27-18(33-14)20(32)3-5-25-17(31)9-16(20)30;1-11-6-12(8-13(7-11)28-19-25-5-3-15(29-19)21(22,23)24)14-9-27-18(33-14)20(32)4-2-17(31)26-10-16(20)30;/h2,4,6-8,10,16,30,32H,3,5,9H2,1H3,(H,25,31)(H,26,28,29);3,5-9,16,30,32H,2,4,10H2,1H3,(H,26,31)(H,25,28,29);1H4. The number of benzene rings is 2. The van der Waals surface area contributed by atoms with Crippen molar-refractivity contribution in [1.29, 1.82) is 0 Å². The number of rotatable bonds is 8. The van der Waals surface area contributed by atoms with Gasteiger partial charge in [-0.2, -0.15) is 26.3 Å². The number of anilines is 4. The normalized spacial score (nSPS) is 21.1. The van der Waals surface area contributed by atoms with E-state index in [4.69, 9.17) is 0 Å². The first-order chi connectivity index (χ1) is 31.1. The Labute approximate surface area is 386 Å². The van der Waals surface area contributed by atoms with E-state index in [1.54, 1.807) is 36.7 Å². The number of nitrogens with zero attached hydrogens (tertiary/aromatic N) is 6. The Balaban J connectivity index is 0.000000218. The molecule has 356 valence electrons. The van der Waals surface area contributed by atoms with Crippen LogP contribution in [0.4, 0.5) is 49.6 Å². The number of aliphatic hydroxyl groups is 4. The van der Waals surface area contributed by atoms with Crippen LogP contribution in [0.5, 0.6) is 0 Å². The van der Waals surface area contributed by atoms with Gasteiger partial charge in [-0.25, -0.2) is 29.9 Å². The van der Waals surface area contributed by atoms with Crippen LogP contribution in [0.15, 0.2) is 73.3 Å². The van der Waals surface area contributed by atoms with E-state index in [0.29, 0.717) is 32.3 Å².